The third-order valence-electron chi connectivity index (χ3n) is 2.89. The molecule has 0 aliphatic rings. The van der Waals surface area contributed by atoms with Gasteiger partial charge in [0.15, 0.2) is 17.6 Å². The van der Waals surface area contributed by atoms with Crippen LogP contribution < -0.4 is 10.1 Å². The lowest BCUT2D eigenvalue weighted by atomic mass is 10.2. The van der Waals surface area contributed by atoms with Crippen molar-refractivity contribution in [2.75, 3.05) is 11.9 Å². The molecule has 0 aliphatic heterocycles. The molecule has 0 atom stereocenters. The van der Waals surface area contributed by atoms with Crippen molar-refractivity contribution in [3.05, 3.63) is 53.7 Å². The van der Waals surface area contributed by atoms with Crippen LogP contribution in [0.15, 0.2) is 48.0 Å². The molecule has 1 amide bonds. The monoisotopic (exact) mass is 326 g/mol. The number of hydrogen-bond acceptors (Lipinski definition) is 6. The van der Waals surface area contributed by atoms with Crippen LogP contribution in [0.2, 0.25) is 0 Å². The lowest BCUT2D eigenvalue weighted by Crippen LogP contribution is -2.20. The van der Waals surface area contributed by atoms with Crippen molar-refractivity contribution < 1.29 is 9.53 Å². The summed E-state index contributed by atoms with van der Waals surface area (Å²) >= 11 is 1.35. The molecule has 3 aromatic rings. The molecule has 2 aromatic heterocycles. The van der Waals surface area contributed by atoms with E-state index in [4.69, 9.17) is 4.74 Å². The number of carbonyl (C=O) groups excluding carboxylic acids is 1. The smallest absolute Gasteiger partial charge is 0.264 e. The van der Waals surface area contributed by atoms with Crippen molar-refractivity contribution in [1.29, 1.82) is 0 Å². The molecule has 0 saturated heterocycles. The SMILES string of the molecule is Cc1cc(OCC(=O)Nc2nccs2)nc(-c2ccccc2)n1. The molecule has 23 heavy (non-hydrogen) atoms. The van der Waals surface area contributed by atoms with Crippen LogP contribution in [0.5, 0.6) is 5.88 Å². The molecule has 0 bridgehead atoms. The Labute approximate surface area is 137 Å². The van der Waals surface area contributed by atoms with E-state index in [2.05, 4.69) is 20.3 Å². The lowest BCUT2D eigenvalue weighted by Gasteiger charge is -2.08. The van der Waals surface area contributed by atoms with Crippen molar-refractivity contribution >= 4 is 22.4 Å². The van der Waals surface area contributed by atoms with Crippen molar-refractivity contribution in [2.45, 2.75) is 6.92 Å². The van der Waals surface area contributed by atoms with Gasteiger partial charge in [0.1, 0.15) is 0 Å². The number of hydrogen-bond donors (Lipinski definition) is 1. The summed E-state index contributed by atoms with van der Waals surface area (Å²) in [5, 5.41) is 4.99. The molecule has 0 unspecified atom stereocenters. The number of nitrogens with zero attached hydrogens (tertiary/aromatic N) is 3. The molecule has 116 valence electrons. The van der Waals surface area contributed by atoms with E-state index in [0.717, 1.165) is 11.3 Å². The molecule has 0 aliphatic carbocycles. The number of thiazole rings is 1. The Morgan fingerprint density at radius 1 is 1.26 bits per heavy atom. The molecule has 7 heteroatoms. The number of aromatic nitrogens is 3. The molecule has 6 nitrogen and oxygen atoms in total. The van der Waals surface area contributed by atoms with Crippen molar-refractivity contribution in [2.24, 2.45) is 0 Å². The first-order valence-electron chi connectivity index (χ1n) is 6.94. The van der Waals surface area contributed by atoms with Gasteiger partial charge >= 0.3 is 0 Å². The molecule has 0 saturated carbocycles. The van der Waals surface area contributed by atoms with Gasteiger partial charge in [-0.15, -0.1) is 11.3 Å². The molecule has 1 aromatic carbocycles. The van der Waals surface area contributed by atoms with Crippen molar-refractivity contribution in [1.82, 2.24) is 15.0 Å². The molecule has 0 fully saturated rings. The third kappa shape index (κ3) is 4.10. The third-order valence-corrected chi connectivity index (χ3v) is 3.58. The summed E-state index contributed by atoms with van der Waals surface area (Å²) in [5.41, 5.74) is 1.67. The second-order valence-electron chi connectivity index (χ2n) is 4.71. The quantitative estimate of drug-likeness (QED) is 0.780. The first-order valence-corrected chi connectivity index (χ1v) is 7.82. The number of rotatable bonds is 5. The second kappa shape index (κ2) is 6.97. The van der Waals surface area contributed by atoms with Crippen LogP contribution in [-0.2, 0) is 4.79 Å². The number of aryl methyl sites for hydroxylation is 1. The Kier molecular flexibility index (Phi) is 4.58. The Balaban J connectivity index is 1.68. The van der Waals surface area contributed by atoms with Crippen molar-refractivity contribution in [3.63, 3.8) is 0 Å². The van der Waals surface area contributed by atoms with Gasteiger partial charge in [-0.05, 0) is 6.92 Å². The summed E-state index contributed by atoms with van der Waals surface area (Å²) in [7, 11) is 0. The van der Waals surface area contributed by atoms with E-state index >= 15 is 0 Å². The van der Waals surface area contributed by atoms with Crippen LogP contribution in [0.1, 0.15) is 5.69 Å². The number of ether oxygens (including phenoxy) is 1. The van der Waals surface area contributed by atoms with Crippen LogP contribution in [0.3, 0.4) is 0 Å². The molecule has 0 spiro atoms. The van der Waals surface area contributed by atoms with Crippen LogP contribution in [0, 0.1) is 6.92 Å². The lowest BCUT2D eigenvalue weighted by molar-refractivity contribution is -0.118. The fraction of sp³-hybridized carbons (Fsp3) is 0.125. The summed E-state index contributed by atoms with van der Waals surface area (Å²) in [5.74, 6) is 0.657. The number of nitrogens with one attached hydrogen (secondary N) is 1. The van der Waals surface area contributed by atoms with Gasteiger partial charge in [0.05, 0.1) is 0 Å². The predicted octanol–water partition coefficient (Wildman–Crippen LogP) is 2.93. The fourth-order valence-electron chi connectivity index (χ4n) is 1.91. The van der Waals surface area contributed by atoms with Gasteiger partial charge in [-0.25, -0.2) is 9.97 Å². The average Bonchev–Trinajstić information content (AvgIpc) is 3.06. The fourth-order valence-corrected chi connectivity index (χ4v) is 2.46. The Morgan fingerprint density at radius 3 is 2.83 bits per heavy atom. The maximum absolute atomic E-state index is 11.8. The minimum absolute atomic E-state index is 0.135. The summed E-state index contributed by atoms with van der Waals surface area (Å²) in [6.07, 6.45) is 1.63. The number of anilines is 1. The first-order chi connectivity index (χ1) is 11.2. The van der Waals surface area contributed by atoms with E-state index in [1.54, 1.807) is 17.6 Å². The van der Waals surface area contributed by atoms with Crippen LogP contribution in [0.25, 0.3) is 11.4 Å². The predicted molar refractivity (Wildman–Crippen MR) is 88.4 cm³/mol. The van der Waals surface area contributed by atoms with Crippen LogP contribution in [-0.4, -0.2) is 27.5 Å². The summed E-state index contributed by atoms with van der Waals surface area (Å²) < 4.78 is 5.47. The minimum Gasteiger partial charge on any atom is -0.467 e. The summed E-state index contributed by atoms with van der Waals surface area (Å²) in [4.78, 5) is 24.5. The summed E-state index contributed by atoms with van der Waals surface area (Å²) in [6.45, 7) is 1.72. The van der Waals surface area contributed by atoms with Gasteiger partial charge in [-0.3, -0.25) is 10.1 Å². The Morgan fingerprint density at radius 2 is 2.09 bits per heavy atom. The van der Waals surface area contributed by atoms with E-state index < -0.39 is 0 Å². The Bertz CT molecular complexity index is 791. The number of amides is 1. The Hall–Kier alpha value is -2.80. The average molecular weight is 326 g/mol. The zero-order valence-corrected chi connectivity index (χ0v) is 13.2. The molecule has 3 rings (SSSR count). The van der Waals surface area contributed by atoms with Gasteiger partial charge < -0.3 is 4.74 Å². The van der Waals surface area contributed by atoms with Gasteiger partial charge in [-0.1, -0.05) is 30.3 Å². The maximum atomic E-state index is 11.8. The standard InChI is InChI=1S/C16H14N4O2S/c1-11-9-14(20-15(18-11)12-5-3-2-4-6-12)22-10-13(21)19-16-17-7-8-23-16/h2-9H,10H2,1H3,(H,17,19,21). The van der Waals surface area contributed by atoms with Gasteiger partial charge in [0.25, 0.3) is 5.91 Å². The number of carbonyl (C=O) groups is 1. The highest BCUT2D eigenvalue weighted by Gasteiger charge is 2.09. The normalized spacial score (nSPS) is 10.3. The molecule has 0 radical (unpaired) electrons. The van der Waals surface area contributed by atoms with Gasteiger partial charge in [-0.2, -0.15) is 4.98 Å². The van der Waals surface area contributed by atoms with E-state index in [0.29, 0.717) is 16.8 Å². The van der Waals surface area contributed by atoms with Crippen LogP contribution in [0.4, 0.5) is 5.13 Å². The highest BCUT2D eigenvalue weighted by Crippen LogP contribution is 2.18. The van der Waals surface area contributed by atoms with Crippen LogP contribution >= 0.6 is 11.3 Å². The zero-order chi connectivity index (χ0) is 16.1. The van der Waals surface area contributed by atoms with E-state index in [-0.39, 0.29) is 12.5 Å². The zero-order valence-electron chi connectivity index (χ0n) is 12.4. The molecular formula is C16H14N4O2S. The first kappa shape index (κ1) is 15.1. The largest absolute Gasteiger partial charge is 0.467 e. The maximum Gasteiger partial charge on any atom is 0.264 e. The van der Waals surface area contributed by atoms with E-state index in [1.807, 2.05) is 37.3 Å². The van der Waals surface area contributed by atoms with Gasteiger partial charge in [0, 0.05) is 28.9 Å². The van der Waals surface area contributed by atoms with Gasteiger partial charge in [0.2, 0.25) is 5.88 Å². The highest BCUT2D eigenvalue weighted by atomic mass is 32.1. The molecular weight excluding hydrogens is 312 g/mol. The molecule has 2 heterocycles. The highest BCUT2D eigenvalue weighted by molar-refractivity contribution is 7.13. The molecule has 1 N–H and O–H groups in total. The number of benzene rings is 1. The van der Waals surface area contributed by atoms with E-state index in [1.165, 1.54) is 11.3 Å². The minimum atomic E-state index is -0.280. The summed E-state index contributed by atoms with van der Waals surface area (Å²) in [6, 6.07) is 11.3. The van der Waals surface area contributed by atoms with Crippen molar-refractivity contribution in [3.8, 4) is 17.3 Å². The van der Waals surface area contributed by atoms with E-state index in [9.17, 15) is 4.79 Å². The second-order valence-corrected chi connectivity index (χ2v) is 5.61. The topological polar surface area (TPSA) is 77.0 Å².